The Morgan fingerprint density at radius 1 is 1.40 bits per heavy atom. The fourth-order valence-electron chi connectivity index (χ4n) is 1.61. The van der Waals surface area contributed by atoms with Gasteiger partial charge in [-0.2, -0.15) is 0 Å². The van der Waals surface area contributed by atoms with E-state index >= 15 is 0 Å². The molecule has 2 N–H and O–H groups in total. The van der Waals surface area contributed by atoms with Crippen LogP contribution in [0, 0.1) is 5.92 Å². The summed E-state index contributed by atoms with van der Waals surface area (Å²) >= 11 is 0. The summed E-state index contributed by atoms with van der Waals surface area (Å²) in [5.74, 6) is -1.23. The van der Waals surface area contributed by atoms with Crippen molar-refractivity contribution >= 4 is 12.1 Å². The minimum atomic E-state index is -1.15. The highest BCUT2D eigenvalue weighted by Gasteiger charge is 2.29. The van der Waals surface area contributed by atoms with Crippen molar-refractivity contribution in [1.29, 1.82) is 0 Å². The molecule has 112 valence electrons. The number of carboxylic acid groups (broad SMARTS) is 1. The third kappa shape index (κ3) is 4.25. The van der Waals surface area contributed by atoms with Crippen LogP contribution in [0.1, 0.15) is 56.7 Å². The van der Waals surface area contributed by atoms with Crippen LogP contribution in [0.2, 0.25) is 0 Å². The minimum Gasteiger partial charge on any atom is -0.478 e. The molecule has 1 rings (SSSR count). The number of hydrogen-bond donors (Lipinski definition) is 2. The van der Waals surface area contributed by atoms with Gasteiger partial charge in [0, 0.05) is 0 Å². The third-order valence-electron chi connectivity index (χ3n) is 2.46. The van der Waals surface area contributed by atoms with Gasteiger partial charge in [0.2, 0.25) is 0 Å². The topological polar surface area (TPSA) is 102 Å². The molecule has 0 bridgehead atoms. The van der Waals surface area contributed by atoms with Crippen molar-refractivity contribution in [1.82, 2.24) is 10.5 Å². The molecule has 20 heavy (non-hydrogen) atoms. The van der Waals surface area contributed by atoms with Crippen LogP contribution < -0.4 is 5.32 Å². The molecule has 7 heteroatoms. The summed E-state index contributed by atoms with van der Waals surface area (Å²) in [4.78, 5) is 22.9. The zero-order chi connectivity index (χ0) is 15.5. The summed E-state index contributed by atoms with van der Waals surface area (Å²) in [7, 11) is 0. The molecule has 0 radical (unpaired) electrons. The number of carboxylic acids is 1. The lowest BCUT2D eigenvalue weighted by molar-refractivity contribution is 0.0483. The second-order valence-corrected chi connectivity index (χ2v) is 5.79. The van der Waals surface area contributed by atoms with Crippen molar-refractivity contribution < 1.29 is 24.0 Å². The number of ether oxygens (including phenoxy) is 1. The van der Waals surface area contributed by atoms with Crippen molar-refractivity contribution in [2.75, 3.05) is 0 Å². The second-order valence-electron chi connectivity index (χ2n) is 5.79. The lowest BCUT2D eigenvalue weighted by Gasteiger charge is -2.24. The normalized spacial score (nSPS) is 13.1. The Labute approximate surface area is 117 Å². The monoisotopic (exact) mass is 284 g/mol. The van der Waals surface area contributed by atoms with Crippen LogP contribution in [0.4, 0.5) is 4.79 Å². The van der Waals surface area contributed by atoms with Gasteiger partial charge in [-0.3, -0.25) is 0 Å². The first-order valence-corrected chi connectivity index (χ1v) is 6.29. The molecule has 1 aromatic heterocycles. The third-order valence-corrected chi connectivity index (χ3v) is 2.46. The highest BCUT2D eigenvalue weighted by Crippen LogP contribution is 2.24. The molecular weight excluding hydrogens is 264 g/mol. The number of amides is 1. The van der Waals surface area contributed by atoms with Crippen molar-refractivity contribution in [3.05, 3.63) is 17.5 Å². The predicted octanol–water partition coefficient (Wildman–Crippen LogP) is 2.59. The first-order valence-electron chi connectivity index (χ1n) is 6.29. The SMILES string of the molecule is CC(C)C(NC(=O)OC(C)(C)C)c1nocc1C(=O)O. The maximum absolute atomic E-state index is 11.8. The molecule has 0 aliphatic carbocycles. The number of hydrogen-bond acceptors (Lipinski definition) is 5. The Balaban J connectivity index is 2.93. The highest BCUT2D eigenvalue weighted by atomic mass is 16.6. The number of alkyl carbamates (subject to hydrolysis) is 1. The number of nitrogens with one attached hydrogen (secondary N) is 1. The van der Waals surface area contributed by atoms with Crippen LogP contribution >= 0.6 is 0 Å². The molecule has 0 aliphatic rings. The first kappa shape index (κ1) is 16.0. The van der Waals surface area contributed by atoms with E-state index in [2.05, 4.69) is 10.5 Å². The quantitative estimate of drug-likeness (QED) is 0.881. The van der Waals surface area contributed by atoms with Crippen molar-refractivity contribution in [2.45, 2.75) is 46.3 Å². The van der Waals surface area contributed by atoms with Gasteiger partial charge in [-0.15, -0.1) is 0 Å². The molecule has 1 aromatic rings. The molecule has 0 aromatic carbocycles. The van der Waals surface area contributed by atoms with Gasteiger partial charge < -0.3 is 19.7 Å². The summed E-state index contributed by atoms with van der Waals surface area (Å²) in [6.07, 6.45) is 0.416. The fraction of sp³-hybridized carbons (Fsp3) is 0.615. The Morgan fingerprint density at radius 3 is 2.45 bits per heavy atom. The molecule has 1 amide bonds. The van der Waals surface area contributed by atoms with Crippen molar-refractivity contribution in [3.8, 4) is 0 Å². The first-order chi connectivity index (χ1) is 9.11. The predicted molar refractivity (Wildman–Crippen MR) is 70.4 cm³/mol. The Morgan fingerprint density at radius 2 is 2.00 bits per heavy atom. The number of aromatic carboxylic acids is 1. The van der Waals surface area contributed by atoms with E-state index < -0.39 is 23.7 Å². The minimum absolute atomic E-state index is 0.0697. The largest absolute Gasteiger partial charge is 0.478 e. The van der Waals surface area contributed by atoms with Crippen LogP contribution in [-0.2, 0) is 4.74 Å². The van der Waals surface area contributed by atoms with Crippen molar-refractivity contribution in [3.63, 3.8) is 0 Å². The van der Waals surface area contributed by atoms with Gasteiger partial charge in [0.1, 0.15) is 23.1 Å². The standard InChI is InChI=1S/C13H20N2O5/c1-7(2)9(14-12(18)20-13(3,4)5)10-8(11(16)17)6-19-15-10/h6-7,9H,1-5H3,(H,14,18)(H,16,17). The molecule has 0 aliphatic heterocycles. The smallest absolute Gasteiger partial charge is 0.408 e. The van der Waals surface area contributed by atoms with Crippen LogP contribution in [0.25, 0.3) is 0 Å². The maximum atomic E-state index is 11.8. The fourth-order valence-corrected chi connectivity index (χ4v) is 1.61. The molecule has 0 spiro atoms. The van der Waals surface area contributed by atoms with E-state index in [4.69, 9.17) is 14.4 Å². The second kappa shape index (κ2) is 5.94. The van der Waals surface area contributed by atoms with Gasteiger partial charge in [0.05, 0.1) is 6.04 Å². The average Bonchev–Trinajstić information content (AvgIpc) is 2.71. The van der Waals surface area contributed by atoms with Crippen LogP contribution in [0.15, 0.2) is 10.8 Å². The number of carbonyl (C=O) groups is 2. The summed E-state index contributed by atoms with van der Waals surface area (Å²) in [5.41, 5.74) is -0.524. The van der Waals surface area contributed by atoms with Crippen molar-refractivity contribution in [2.24, 2.45) is 5.92 Å². The molecule has 0 saturated carbocycles. The Kier molecular flexibility index (Phi) is 4.75. The molecular formula is C13H20N2O5. The van der Waals surface area contributed by atoms with Gasteiger partial charge in [0.25, 0.3) is 0 Å². The molecule has 7 nitrogen and oxygen atoms in total. The number of rotatable bonds is 4. The Bertz CT molecular complexity index is 487. The maximum Gasteiger partial charge on any atom is 0.408 e. The number of nitrogens with zero attached hydrogens (tertiary/aromatic N) is 1. The van der Waals surface area contributed by atoms with Gasteiger partial charge >= 0.3 is 12.1 Å². The van der Waals surface area contributed by atoms with E-state index in [1.807, 2.05) is 13.8 Å². The van der Waals surface area contributed by atoms with Gasteiger partial charge in [-0.1, -0.05) is 19.0 Å². The molecule has 0 fully saturated rings. The van der Waals surface area contributed by atoms with Gasteiger partial charge in [-0.05, 0) is 26.7 Å². The summed E-state index contributed by atoms with van der Waals surface area (Å²) in [6, 6.07) is -0.602. The van der Waals surface area contributed by atoms with E-state index in [-0.39, 0.29) is 17.2 Å². The van der Waals surface area contributed by atoms with Crippen LogP contribution in [-0.4, -0.2) is 27.9 Å². The highest BCUT2D eigenvalue weighted by molar-refractivity contribution is 5.88. The summed E-state index contributed by atoms with van der Waals surface area (Å²) in [6.45, 7) is 8.91. The summed E-state index contributed by atoms with van der Waals surface area (Å²) in [5, 5.41) is 15.4. The van der Waals surface area contributed by atoms with Crippen LogP contribution in [0.5, 0.6) is 0 Å². The molecule has 1 atom stereocenters. The molecule has 1 heterocycles. The number of carbonyl (C=O) groups excluding carboxylic acids is 1. The van der Waals surface area contributed by atoms with Gasteiger partial charge in [-0.25, -0.2) is 9.59 Å². The Hall–Kier alpha value is -2.05. The lowest BCUT2D eigenvalue weighted by Crippen LogP contribution is -2.37. The van der Waals surface area contributed by atoms with E-state index in [9.17, 15) is 9.59 Å². The van der Waals surface area contributed by atoms with E-state index in [0.29, 0.717) is 0 Å². The number of aromatic nitrogens is 1. The van der Waals surface area contributed by atoms with Gasteiger partial charge in [0.15, 0.2) is 0 Å². The van der Waals surface area contributed by atoms with E-state index in [1.54, 1.807) is 20.8 Å². The van der Waals surface area contributed by atoms with E-state index in [1.165, 1.54) is 0 Å². The average molecular weight is 284 g/mol. The molecule has 1 unspecified atom stereocenters. The lowest BCUT2D eigenvalue weighted by atomic mass is 9.98. The zero-order valence-corrected chi connectivity index (χ0v) is 12.3. The van der Waals surface area contributed by atoms with E-state index in [0.717, 1.165) is 6.26 Å². The molecule has 0 saturated heterocycles. The summed E-state index contributed by atoms with van der Waals surface area (Å²) < 4.78 is 9.86. The van der Waals surface area contributed by atoms with Crippen LogP contribution in [0.3, 0.4) is 0 Å². The zero-order valence-electron chi connectivity index (χ0n) is 12.3.